The highest BCUT2D eigenvalue weighted by Crippen LogP contribution is 2.40. The zero-order chi connectivity index (χ0) is 16.5. The van der Waals surface area contributed by atoms with Gasteiger partial charge in [-0.3, -0.25) is 4.98 Å². The van der Waals surface area contributed by atoms with Crippen molar-refractivity contribution in [2.75, 3.05) is 4.90 Å². The fraction of sp³-hybridized carbons (Fsp3) is 0.111. The molecule has 4 rings (SSSR count). The Kier molecular flexibility index (Phi) is 4.08. The van der Waals surface area contributed by atoms with E-state index in [0.29, 0.717) is 5.11 Å². The van der Waals surface area contributed by atoms with Crippen LogP contribution in [0.4, 0.5) is 5.69 Å². The van der Waals surface area contributed by atoms with Crippen LogP contribution in [0.3, 0.4) is 0 Å². The minimum atomic E-state index is -0.0130. The number of benzene rings is 1. The molecule has 1 aliphatic rings. The van der Waals surface area contributed by atoms with E-state index in [0.717, 1.165) is 21.5 Å². The van der Waals surface area contributed by atoms with E-state index in [1.54, 1.807) is 0 Å². The van der Waals surface area contributed by atoms with Crippen molar-refractivity contribution in [2.24, 2.45) is 0 Å². The van der Waals surface area contributed by atoms with Crippen molar-refractivity contribution < 1.29 is 0 Å². The Labute approximate surface area is 154 Å². The van der Waals surface area contributed by atoms with E-state index in [4.69, 9.17) is 12.2 Å². The molecule has 0 unspecified atom stereocenters. The number of pyridine rings is 1. The van der Waals surface area contributed by atoms with E-state index in [-0.39, 0.29) is 12.1 Å². The standard InChI is InChI=1S/C18H15BrN4S/c19-12-6-8-13(9-7-12)23-17(15-5-3-11-21-15)16(22-18(23)24)14-4-1-2-10-20-14/h1-11,16-17,21H,(H,22,24)/t16-,17+/m0/s1. The Bertz CT molecular complexity index is 833. The summed E-state index contributed by atoms with van der Waals surface area (Å²) in [6, 6.07) is 18.2. The lowest BCUT2D eigenvalue weighted by Gasteiger charge is -2.27. The molecule has 2 atom stereocenters. The molecule has 2 N–H and O–H groups in total. The fourth-order valence-corrected chi connectivity index (χ4v) is 3.69. The average molecular weight is 399 g/mol. The van der Waals surface area contributed by atoms with E-state index in [2.05, 4.69) is 54.3 Å². The van der Waals surface area contributed by atoms with Gasteiger partial charge in [0.2, 0.25) is 0 Å². The molecule has 0 spiro atoms. The maximum Gasteiger partial charge on any atom is 0.174 e. The third-order valence-corrected chi connectivity index (χ3v) is 4.99. The maximum atomic E-state index is 5.64. The van der Waals surface area contributed by atoms with Gasteiger partial charge >= 0.3 is 0 Å². The van der Waals surface area contributed by atoms with Crippen molar-refractivity contribution in [3.8, 4) is 0 Å². The van der Waals surface area contributed by atoms with Gasteiger partial charge in [0, 0.05) is 28.2 Å². The molecule has 120 valence electrons. The summed E-state index contributed by atoms with van der Waals surface area (Å²) < 4.78 is 1.04. The number of thiocarbonyl (C=S) groups is 1. The normalized spacial score (nSPS) is 20.2. The largest absolute Gasteiger partial charge is 0.363 e. The molecular formula is C18H15BrN4S. The van der Waals surface area contributed by atoms with Gasteiger partial charge in [-0.2, -0.15) is 0 Å². The monoisotopic (exact) mass is 398 g/mol. The molecule has 1 saturated heterocycles. The van der Waals surface area contributed by atoms with Crippen LogP contribution in [0.2, 0.25) is 0 Å². The number of aromatic amines is 1. The van der Waals surface area contributed by atoms with Gasteiger partial charge in [-0.15, -0.1) is 0 Å². The predicted molar refractivity (Wildman–Crippen MR) is 103 cm³/mol. The first-order chi connectivity index (χ1) is 11.7. The molecule has 0 saturated carbocycles. The summed E-state index contributed by atoms with van der Waals surface area (Å²) in [6.45, 7) is 0. The van der Waals surface area contributed by atoms with Gasteiger partial charge in [0.15, 0.2) is 5.11 Å². The van der Waals surface area contributed by atoms with Crippen molar-refractivity contribution in [1.29, 1.82) is 0 Å². The molecule has 4 nitrogen and oxygen atoms in total. The number of nitrogens with zero attached hydrogens (tertiary/aromatic N) is 2. The van der Waals surface area contributed by atoms with Crippen LogP contribution in [0.5, 0.6) is 0 Å². The Hall–Kier alpha value is -2.18. The third kappa shape index (κ3) is 2.72. The molecule has 0 radical (unpaired) electrons. The Morgan fingerprint density at radius 1 is 1.04 bits per heavy atom. The molecule has 1 fully saturated rings. The highest BCUT2D eigenvalue weighted by atomic mass is 79.9. The van der Waals surface area contributed by atoms with Crippen molar-refractivity contribution in [1.82, 2.24) is 15.3 Å². The number of nitrogens with one attached hydrogen (secondary N) is 2. The Balaban J connectivity index is 1.80. The molecular weight excluding hydrogens is 384 g/mol. The number of hydrogen-bond donors (Lipinski definition) is 2. The molecule has 1 aromatic carbocycles. The second kappa shape index (κ2) is 6.37. The van der Waals surface area contributed by atoms with Gasteiger partial charge in [-0.1, -0.05) is 22.0 Å². The molecule has 6 heteroatoms. The molecule has 1 aliphatic heterocycles. The van der Waals surface area contributed by atoms with Crippen molar-refractivity contribution in [3.05, 3.63) is 82.9 Å². The number of aromatic nitrogens is 2. The fourth-order valence-electron chi connectivity index (χ4n) is 3.08. The van der Waals surface area contributed by atoms with Crippen LogP contribution in [0, 0.1) is 0 Å². The van der Waals surface area contributed by atoms with Crippen molar-refractivity contribution in [2.45, 2.75) is 12.1 Å². The Morgan fingerprint density at radius 3 is 2.54 bits per heavy atom. The van der Waals surface area contributed by atoms with Crippen LogP contribution in [-0.2, 0) is 0 Å². The minimum absolute atomic E-state index is 0.0130. The molecule has 0 bridgehead atoms. The summed E-state index contributed by atoms with van der Waals surface area (Å²) in [5, 5.41) is 4.14. The smallest absolute Gasteiger partial charge is 0.174 e. The average Bonchev–Trinajstić information content (AvgIpc) is 3.24. The SMILES string of the molecule is S=C1N[C@@H](c2ccccn2)[C@@H](c2ccc[nH]2)N1c1ccc(Br)cc1. The number of hydrogen-bond acceptors (Lipinski definition) is 2. The van der Waals surface area contributed by atoms with Crippen molar-refractivity contribution >= 4 is 38.9 Å². The second-order valence-corrected chi connectivity index (χ2v) is 6.90. The third-order valence-electron chi connectivity index (χ3n) is 4.14. The summed E-state index contributed by atoms with van der Waals surface area (Å²) in [4.78, 5) is 10.0. The van der Waals surface area contributed by atoms with Crippen molar-refractivity contribution in [3.63, 3.8) is 0 Å². The van der Waals surface area contributed by atoms with Gasteiger partial charge in [-0.05, 0) is 60.7 Å². The number of rotatable bonds is 3. The summed E-state index contributed by atoms with van der Waals surface area (Å²) >= 11 is 9.13. The van der Waals surface area contributed by atoms with E-state index < -0.39 is 0 Å². The first-order valence-corrected chi connectivity index (χ1v) is 8.83. The predicted octanol–water partition coefficient (Wildman–Crippen LogP) is 4.35. The van der Waals surface area contributed by atoms with Gasteiger partial charge in [0.05, 0.1) is 11.7 Å². The molecule has 3 heterocycles. The van der Waals surface area contributed by atoms with Gasteiger partial charge < -0.3 is 15.2 Å². The number of halogens is 1. The Morgan fingerprint density at radius 2 is 1.88 bits per heavy atom. The molecule has 0 aliphatic carbocycles. The molecule has 24 heavy (non-hydrogen) atoms. The van der Waals surface area contributed by atoms with Gasteiger partial charge in [-0.25, -0.2) is 0 Å². The van der Waals surface area contributed by atoms with E-state index in [1.807, 2.05) is 48.8 Å². The summed E-state index contributed by atoms with van der Waals surface area (Å²) in [6.07, 6.45) is 3.75. The second-order valence-electron chi connectivity index (χ2n) is 5.60. The van der Waals surface area contributed by atoms with Crippen LogP contribution in [0.1, 0.15) is 23.5 Å². The maximum absolute atomic E-state index is 5.64. The van der Waals surface area contributed by atoms with E-state index in [9.17, 15) is 0 Å². The number of H-pyrrole nitrogens is 1. The van der Waals surface area contributed by atoms with Gasteiger partial charge in [0.1, 0.15) is 6.04 Å². The highest BCUT2D eigenvalue weighted by Gasteiger charge is 2.41. The zero-order valence-electron chi connectivity index (χ0n) is 12.7. The van der Waals surface area contributed by atoms with Crippen LogP contribution >= 0.6 is 28.1 Å². The lowest BCUT2D eigenvalue weighted by atomic mass is 10.0. The first-order valence-electron chi connectivity index (χ1n) is 7.63. The minimum Gasteiger partial charge on any atom is -0.363 e. The van der Waals surface area contributed by atoms with Crippen LogP contribution in [-0.4, -0.2) is 15.1 Å². The van der Waals surface area contributed by atoms with Crippen LogP contribution in [0.15, 0.2) is 71.5 Å². The molecule has 3 aromatic rings. The molecule has 0 amide bonds. The van der Waals surface area contributed by atoms with E-state index in [1.165, 1.54) is 0 Å². The summed E-state index contributed by atoms with van der Waals surface area (Å²) in [5.74, 6) is 0. The van der Waals surface area contributed by atoms with Crippen LogP contribution in [0.25, 0.3) is 0 Å². The van der Waals surface area contributed by atoms with Gasteiger partial charge in [0.25, 0.3) is 0 Å². The molecule has 2 aromatic heterocycles. The summed E-state index contributed by atoms with van der Waals surface area (Å²) in [7, 11) is 0. The highest BCUT2D eigenvalue weighted by molar-refractivity contribution is 9.10. The number of anilines is 1. The lowest BCUT2D eigenvalue weighted by molar-refractivity contribution is 0.558. The van der Waals surface area contributed by atoms with Crippen LogP contribution < -0.4 is 10.2 Å². The zero-order valence-corrected chi connectivity index (χ0v) is 15.1. The summed E-state index contributed by atoms with van der Waals surface area (Å²) in [5.41, 5.74) is 3.12. The topological polar surface area (TPSA) is 44.0 Å². The van der Waals surface area contributed by atoms with E-state index >= 15 is 0 Å². The first kappa shape index (κ1) is 15.4. The quantitative estimate of drug-likeness (QED) is 0.643. The lowest BCUT2D eigenvalue weighted by Crippen LogP contribution is -2.29.